The number of hydrogen-bond donors (Lipinski definition) is 0. The van der Waals surface area contributed by atoms with Gasteiger partial charge in [0.1, 0.15) is 50.8 Å². The summed E-state index contributed by atoms with van der Waals surface area (Å²) in [7, 11) is 3.10. The van der Waals surface area contributed by atoms with E-state index in [-0.39, 0.29) is 71.3 Å². The van der Waals surface area contributed by atoms with Crippen LogP contribution in [0.4, 0.5) is 34.0 Å². The molecule has 2 aliphatic heterocycles. The number of fused-ring (bicyclic) bond motifs is 3. The number of piperazine rings is 1. The number of hydrogen-bond acceptors (Lipinski definition) is 10. The third kappa shape index (κ3) is 8.37. The van der Waals surface area contributed by atoms with Crippen molar-refractivity contribution in [2.24, 2.45) is 0 Å². The van der Waals surface area contributed by atoms with Crippen LogP contribution in [0.5, 0.6) is 11.5 Å². The third-order valence-electron chi connectivity index (χ3n) is 10.2. The van der Waals surface area contributed by atoms with Crippen LogP contribution in [0.2, 0.25) is 10.4 Å². The summed E-state index contributed by atoms with van der Waals surface area (Å²) in [6.07, 6.45) is -4.01. The molecule has 7 rings (SSSR count). The van der Waals surface area contributed by atoms with E-state index >= 15 is 4.39 Å². The Morgan fingerprint density at radius 1 is 0.845 bits per heavy atom. The number of carbonyl (C=O) groups excluding carboxylic acids is 1. The van der Waals surface area contributed by atoms with Crippen LogP contribution in [0.25, 0.3) is 22.3 Å². The van der Waals surface area contributed by atoms with E-state index in [1.807, 2.05) is 29.2 Å². The molecule has 58 heavy (non-hydrogen) atoms. The average Bonchev–Trinajstić information content (AvgIpc) is 3.43. The predicted octanol–water partition coefficient (Wildman–Crippen LogP) is 9.67. The maximum absolute atomic E-state index is 17.0. The Balaban J connectivity index is 1.32. The number of benzene rings is 2. The number of ether oxygens (including phenoxy) is 3. The number of nitrogens with zero attached hydrogens (tertiary/aromatic N) is 7. The summed E-state index contributed by atoms with van der Waals surface area (Å²) in [6, 6.07) is 15.3. The highest BCUT2D eigenvalue weighted by molar-refractivity contribution is 6.36. The van der Waals surface area contributed by atoms with E-state index in [9.17, 15) is 18.0 Å². The molecule has 0 N–H and O–H groups in total. The molecule has 0 aliphatic carbocycles. The molecule has 2 aromatic carbocycles. The van der Waals surface area contributed by atoms with E-state index in [0.29, 0.717) is 24.3 Å². The van der Waals surface area contributed by atoms with E-state index in [1.54, 1.807) is 69.1 Å². The van der Waals surface area contributed by atoms with Crippen LogP contribution in [-0.4, -0.2) is 75.9 Å². The van der Waals surface area contributed by atoms with Crippen molar-refractivity contribution in [3.63, 3.8) is 0 Å². The highest BCUT2D eigenvalue weighted by Crippen LogP contribution is 2.44. The second-order valence-electron chi connectivity index (χ2n) is 15.4. The van der Waals surface area contributed by atoms with E-state index < -0.39 is 46.2 Å². The Hall–Kier alpha value is -5.15. The van der Waals surface area contributed by atoms with Crippen molar-refractivity contribution in [2.75, 3.05) is 37.1 Å². The van der Waals surface area contributed by atoms with Crippen LogP contribution in [-0.2, 0) is 24.0 Å². The molecular formula is C41H41Cl2F4N7O4. The molecule has 0 radical (unpaired) electrons. The summed E-state index contributed by atoms with van der Waals surface area (Å²) >= 11 is 13.2. The van der Waals surface area contributed by atoms with Gasteiger partial charge in [0.05, 0.1) is 37.3 Å². The minimum atomic E-state index is -4.96. The van der Waals surface area contributed by atoms with Gasteiger partial charge in [-0.1, -0.05) is 35.9 Å². The van der Waals surface area contributed by atoms with Gasteiger partial charge in [-0.25, -0.2) is 24.1 Å². The van der Waals surface area contributed by atoms with Crippen LogP contribution in [0, 0.1) is 12.7 Å². The average molecular weight is 843 g/mol. The summed E-state index contributed by atoms with van der Waals surface area (Å²) in [6.45, 7) is 7.69. The summed E-state index contributed by atoms with van der Waals surface area (Å²) in [5.74, 6) is 0.343. The number of anilines is 2. The number of rotatable bonds is 9. The highest BCUT2D eigenvalue weighted by atomic mass is 35.5. The van der Waals surface area contributed by atoms with Crippen molar-refractivity contribution in [3.05, 3.63) is 93.1 Å². The quantitative estimate of drug-likeness (QED) is 0.0810. The summed E-state index contributed by atoms with van der Waals surface area (Å²) < 4.78 is 78.3. The van der Waals surface area contributed by atoms with Crippen molar-refractivity contribution in [1.29, 1.82) is 0 Å². The maximum Gasteiger partial charge on any atom is 0.418 e. The molecule has 2 aliphatic rings. The first-order chi connectivity index (χ1) is 27.4. The smallest absolute Gasteiger partial charge is 0.418 e. The lowest BCUT2D eigenvalue weighted by Gasteiger charge is -2.42. The van der Waals surface area contributed by atoms with Crippen molar-refractivity contribution in [2.45, 2.75) is 77.5 Å². The van der Waals surface area contributed by atoms with Crippen molar-refractivity contribution in [3.8, 4) is 22.9 Å². The number of carbonyl (C=O) groups is 1. The van der Waals surface area contributed by atoms with Gasteiger partial charge in [0.2, 0.25) is 5.28 Å². The number of alkyl halides is 3. The second-order valence-corrected chi connectivity index (χ2v) is 16.0. The van der Waals surface area contributed by atoms with Crippen molar-refractivity contribution in [1.82, 2.24) is 24.8 Å². The van der Waals surface area contributed by atoms with E-state index in [4.69, 9.17) is 37.4 Å². The van der Waals surface area contributed by atoms with Gasteiger partial charge in [-0.05, 0) is 99.2 Å². The van der Waals surface area contributed by atoms with E-state index in [0.717, 1.165) is 11.1 Å². The zero-order valence-electron chi connectivity index (χ0n) is 32.6. The van der Waals surface area contributed by atoms with Gasteiger partial charge in [-0.2, -0.15) is 18.2 Å². The number of halogens is 6. The number of aromatic nitrogens is 4. The lowest BCUT2D eigenvalue weighted by Crippen LogP contribution is -2.57. The summed E-state index contributed by atoms with van der Waals surface area (Å²) in [5.41, 5.74) is -2.39. The molecule has 5 heterocycles. The predicted molar refractivity (Wildman–Crippen MR) is 213 cm³/mol. The van der Waals surface area contributed by atoms with Gasteiger partial charge in [0, 0.05) is 26.2 Å². The van der Waals surface area contributed by atoms with Crippen LogP contribution < -0.4 is 19.3 Å². The SMILES string of the molecule is COc1ccc(CN(Cc2ccc(OC)cc2)c2cc(C)c(C(F)(F)F)c(-c3nc(Cl)c4c(N5CC6CCC(C5)N6C(=O)OC(C)(C)C)nc(Cl)nc4c3F)n2)cc1. The van der Waals surface area contributed by atoms with Crippen molar-refractivity contribution >= 4 is 51.8 Å². The maximum atomic E-state index is 17.0. The third-order valence-corrected chi connectivity index (χ3v) is 10.6. The fourth-order valence-electron chi connectivity index (χ4n) is 7.63. The lowest BCUT2D eigenvalue weighted by molar-refractivity contribution is -0.137. The van der Waals surface area contributed by atoms with Crippen LogP contribution in [0.3, 0.4) is 0 Å². The van der Waals surface area contributed by atoms with E-state index in [1.165, 1.54) is 13.0 Å². The fourth-order valence-corrected chi connectivity index (χ4v) is 8.05. The standard InChI is InChI=1S/C41H41Cl2F4N7O4/c1-22-17-29(52(18-23-7-13-27(56-5)14-8-23)19-24-9-15-28(57-6)16-10-24)48-34(31(22)41(45,46)47)35-32(44)33-30(36(42)49-35)37(51-38(43)50-33)53-20-25-11-12-26(21-53)54(25)39(55)58-40(2,3)4/h7-10,13-17,25-26H,11-12,18-21H2,1-6H3. The highest BCUT2D eigenvalue weighted by Gasteiger charge is 2.45. The number of aryl methyl sites for hydroxylation is 1. The van der Waals surface area contributed by atoms with E-state index in [2.05, 4.69) is 19.9 Å². The summed E-state index contributed by atoms with van der Waals surface area (Å²) in [5, 5.41) is -0.721. The largest absolute Gasteiger partial charge is 0.497 e. The van der Waals surface area contributed by atoms with Crippen molar-refractivity contribution < 1.29 is 36.6 Å². The molecule has 2 fully saturated rings. The topological polar surface area (TPSA) is 106 Å². The fraction of sp³-hybridized carbons (Fsp3) is 0.390. The lowest BCUT2D eigenvalue weighted by atomic mass is 10.0. The molecule has 17 heteroatoms. The zero-order valence-corrected chi connectivity index (χ0v) is 34.1. The molecule has 5 aromatic rings. The molecule has 11 nitrogen and oxygen atoms in total. The molecular weight excluding hydrogens is 801 g/mol. The zero-order chi connectivity index (χ0) is 41.7. The first kappa shape index (κ1) is 41.0. The van der Waals surface area contributed by atoms with Crippen LogP contribution in [0.15, 0.2) is 54.6 Å². The second kappa shape index (κ2) is 15.9. The molecule has 3 aromatic heterocycles. The number of pyridine rings is 2. The first-order valence-corrected chi connectivity index (χ1v) is 19.3. The van der Waals surface area contributed by atoms with Crippen LogP contribution >= 0.6 is 23.2 Å². The van der Waals surface area contributed by atoms with Crippen LogP contribution in [0.1, 0.15) is 55.9 Å². The summed E-state index contributed by atoms with van der Waals surface area (Å²) in [4.78, 5) is 35.8. The minimum absolute atomic E-state index is 0.0282. The monoisotopic (exact) mass is 841 g/mol. The van der Waals surface area contributed by atoms with Gasteiger partial charge < -0.3 is 24.0 Å². The van der Waals surface area contributed by atoms with Gasteiger partial charge in [0.25, 0.3) is 0 Å². The molecule has 2 unspecified atom stereocenters. The van der Waals surface area contributed by atoms with Gasteiger partial charge in [-0.15, -0.1) is 0 Å². The minimum Gasteiger partial charge on any atom is -0.497 e. The molecule has 2 saturated heterocycles. The normalized spacial score (nSPS) is 16.8. The molecule has 1 amide bonds. The Bertz CT molecular complexity index is 2280. The first-order valence-electron chi connectivity index (χ1n) is 18.5. The van der Waals surface area contributed by atoms with Gasteiger partial charge in [-0.3, -0.25) is 4.90 Å². The molecule has 0 saturated carbocycles. The Labute approximate surface area is 342 Å². The molecule has 2 atom stereocenters. The molecule has 306 valence electrons. The number of methoxy groups -OCH3 is 2. The van der Waals surface area contributed by atoms with Gasteiger partial charge in [0.15, 0.2) is 5.82 Å². The Morgan fingerprint density at radius 3 is 1.90 bits per heavy atom. The van der Waals surface area contributed by atoms with Gasteiger partial charge >= 0.3 is 12.3 Å². The molecule has 0 spiro atoms. The number of amides is 1. The molecule has 2 bridgehead atoms. The Morgan fingerprint density at radius 2 is 1.40 bits per heavy atom. The Kier molecular flexibility index (Phi) is 11.2.